The fourth-order valence-electron chi connectivity index (χ4n) is 2.09. The quantitative estimate of drug-likeness (QED) is 0.381. The zero-order chi connectivity index (χ0) is 14.4. The second-order valence-corrected chi connectivity index (χ2v) is 4.60. The first-order chi connectivity index (χ1) is 9.72. The number of anilines is 1. The molecule has 0 atom stereocenters. The number of nitrogens with zero attached hydrogens (tertiary/aromatic N) is 3. The summed E-state index contributed by atoms with van der Waals surface area (Å²) in [4.78, 5) is 0. The molecule has 0 radical (unpaired) electrons. The van der Waals surface area contributed by atoms with Crippen molar-refractivity contribution in [2.75, 3.05) is 18.5 Å². The lowest BCUT2D eigenvalue weighted by Gasteiger charge is -2.14. The average Bonchev–Trinajstić information content (AvgIpc) is 2.50. The highest BCUT2D eigenvalue weighted by Gasteiger charge is 2.18. The Balaban J connectivity index is 2.18. The van der Waals surface area contributed by atoms with Crippen molar-refractivity contribution in [1.29, 1.82) is 5.26 Å². The van der Waals surface area contributed by atoms with Crippen molar-refractivity contribution >= 4 is 17.2 Å². The van der Waals surface area contributed by atoms with Gasteiger partial charge in [0.15, 0.2) is 0 Å². The largest absolute Gasteiger partial charge is 0.306 e. The van der Waals surface area contributed by atoms with Crippen molar-refractivity contribution in [1.82, 2.24) is 0 Å². The predicted octanol–water partition coefficient (Wildman–Crippen LogP) is 1.67. The molecule has 1 aromatic rings. The minimum absolute atomic E-state index is 0.0788. The van der Waals surface area contributed by atoms with Crippen molar-refractivity contribution in [2.24, 2.45) is 10.8 Å². The molecule has 1 aliphatic heterocycles. The second-order valence-electron chi connectivity index (χ2n) is 4.60. The van der Waals surface area contributed by atoms with Crippen LogP contribution in [0.5, 0.6) is 0 Å². The van der Waals surface area contributed by atoms with Gasteiger partial charge in [-0.05, 0) is 31.4 Å². The van der Waals surface area contributed by atoms with Gasteiger partial charge in [-0.1, -0.05) is 12.1 Å². The number of nitrogens with one attached hydrogen (secondary N) is 1. The van der Waals surface area contributed by atoms with Crippen molar-refractivity contribution < 1.29 is 8.97 Å². The molecule has 0 bridgehead atoms. The molecule has 104 valence electrons. The summed E-state index contributed by atoms with van der Waals surface area (Å²) in [6.45, 7) is 1.65. The van der Waals surface area contributed by atoms with E-state index in [-0.39, 0.29) is 11.4 Å². The number of hydrogen-bond donors (Lipinski definition) is 2. The standard InChI is InChI=1S/C14H16FN5/c15-11-6-2-3-7-12(11)18-19-13(10-16)14(17)20-8-4-1-5-9-20/h2-3,6-7H,1,4-5,8-9H2,(H2,17,18)/p+1. The van der Waals surface area contributed by atoms with Gasteiger partial charge in [0.1, 0.15) is 11.9 Å². The minimum atomic E-state index is -0.426. The van der Waals surface area contributed by atoms with Crippen LogP contribution in [0.25, 0.3) is 0 Å². The van der Waals surface area contributed by atoms with Gasteiger partial charge in [-0.2, -0.15) is 10.4 Å². The van der Waals surface area contributed by atoms with E-state index >= 15 is 0 Å². The first-order valence-corrected chi connectivity index (χ1v) is 6.58. The second kappa shape index (κ2) is 6.66. The van der Waals surface area contributed by atoms with E-state index in [9.17, 15) is 4.39 Å². The van der Waals surface area contributed by atoms with E-state index in [0.29, 0.717) is 5.84 Å². The lowest BCUT2D eigenvalue weighted by atomic mass is 10.1. The molecular weight excluding hydrogens is 257 g/mol. The maximum Gasteiger partial charge on any atom is 0.306 e. The number of halogens is 1. The number of rotatable bonds is 3. The number of nitrogens with two attached hydrogens (primary N) is 1. The van der Waals surface area contributed by atoms with Crippen LogP contribution in [0.3, 0.4) is 0 Å². The summed E-state index contributed by atoms with van der Waals surface area (Å²) in [6.07, 6.45) is 3.29. The Kier molecular flexibility index (Phi) is 4.66. The van der Waals surface area contributed by atoms with Gasteiger partial charge in [-0.3, -0.25) is 15.7 Å². The number of hydrazone groups is 1. The van der Waals surface area contributed by atoms with Crippen LogP contribution < -0.4 is 11.2 Å². The van der Waals surface area contributed by atoms with Gasteiger partial charge in [0, 0.05) is 0 Å². The summed E-state index contributed by atoms with van der Waals surface area (Å²) in [7, 11) is 0. The third kappa shape index (κ3) is 3.32. The van der Waals surface area contributed by atoms with Gasteiger partial charge >= 0.3 is 5.84 Å². The van der Waals surface area contributed by atoms with E-state index < -0.39 is 5.82 Å². The lowest BCUT2D eigenvalue weighted by molar-refractivity contribution is -0.536. The summed E-state index contributed by atoms with van der Waals surface area (Å²) in [5, 5.41) is 13.0. The Morgan fingerprint density at radius 3 is 2.65 bits per heavy atom. The molecule has 1 aliphatic rings. The molecule has 0 saturated carbocycles. The van der Waals surface area contributed by atoms with Crippen molar-refractivity contribution in [2.45, 2.75) is 19.3 Å². The molecule has 5 nitrogen and oxygen atoms in total. The van der Waals surface area contributed by atoms with Crippen molar-refractivity contribution in [3.63, 3.8) is 0 Å². The molecule has 2 rings (SSSR count). The molecular formula is C14H17FN5+. The summed E-state index contributed by atoms with van der Waals surface area (Å²) in [5.74, 6) is -0.0823. The normalized spacial score (nSPS) is 15.6. The Morgan fingerprint density at radius 2 is 2.00 bits per heavy atom. The van der Waals surface area contributed by atoms with E-state index in [4.69, 9.17) is 11.0 Å². The van der Waals surface area contributed by atoms with Gasteiger partial charge in [-0.15, -0.1) is 0 Å². The van der Waals surface area contributed by atoms with Crippen LogP contribution in [0.2, 0.25) is 0 Å². The van der Waals surface area contributed by atoms with Crippen LogP contribution in [0, 0.1) is 17.1 Å². The maximum atomic E-state index is 13.4. The number of para-hydroxylation sites is 1. The van der Waals surface area contributed by atoms with E-state index in [1.165, 1.54) is 12.5 Å². The fraction of sp³-hybridized carbons (Fsp3) is 0.357. The average molecular weight is 274 g/mol. The molecule has 1 fully saturated rings. The molecule has 20 heavy (non-hydrogen) atoms. The molecule has 1 heterocycles. The highest BCUT2D eigenvalue weighted by atomic mass is 19.1. The topological polar surface area (TPSA) is 77.2 Å². The third-order valence-electron chi connectivity index (χ3n) is 3.21. The van der Waals surface area contributed by atoms with Crippen LogP contribution in [-0.2, 0) is 0 Å². The molecule has 6 heteroatoms. The zero-order valence-electron chi connectivity index (χ0n) is 11.1. The molecule has 0 aliphatic carbocycles. The van der Waals surface area contributed by atoms with Crippen molar-refractivity contribution in [3.05, 3.63) is 30.1 Å². The molecule has 0 spiro atoms. The summed E-state index contributed by atoms with van der Waals surface area (Å²) < 4.78 is 15.4. The number of piperidine rings is 1. The lowest BCUT2D eigenvalue weighted by Crippen LogP contribution is -2.38. The minimum Gasteiger partial charge on any atom is -0.285 e. The van der Waals surface area contributed by atoms with E-state index in [1.54, 1.807) is 18.2 Å². The summed E-state index contributed by atoms with van der Waals surface area (Å²) >= 11 is 0. The molecule has 0 amide bonds. The molecule has 3 N–H and O–H groups in total. The molecule has 0 unspecified atom stereocenters. The third-order valence-corrected chi connectivity index (χ3v) is 3.21. The maximum absolute atomic E-state index is 13.4. The predicted molar refractivity (Wildman–Crippen MR) is 76.1 cm³/mol. The fourth-order valence-corrected chi connectivity index (χ4v) is 2.09. The highest BCUT2D eigenvalue weighted by molar-refractivity contribution is 6.45. The van der Waals surface area contributed by atoms with E-state index in [0.717, 1.165) is 25.9 Å². The smallest absolute Gasteiger partial charge is 0.285 e. The van der Waals surface area contributed by atoms with Crippen LogP contribution in [0.4, 0.5) is 10.1 Å². The van der Waals surface area contributed by atoms with Crippen molar-refractivity contribution in [3.8, 4) is 6.07 Å². The Morgan fingerprint density at radius 1 is 1.30 bits per heavy atom. The number of benzene rings is 1. The summed E-state index contributed by atoms with van der Waals surface area (Å²) in [5.41, 5.74) is 8.80. The van der Waals surface area contributed by atoms with Crippen LogP contribution in [-0.4, -0.2) is 29.2 Å². The zero-order valence-corrected chi connectivity index (χ0v) is 11.1. The number of hydrogen-bond acceptors (Lipinski definition) is 3. The first-order valence-electron chi connectivity index (χ1n) is 6.58. The Labute approximate surface area is 117 Å². The summed E-state index contributed by atoms with van der Waals surface area (Å²) in [6, 6.07) is 8.09. The number of amidine groups is 1. The van der Waals surface area contributed by atoms with E-state index in [2.05, 4.69) is 10.5 Å². The van der Waals surface area contributed by atoms with Crippen LogP contribution in [0.15, 0.2) is 29.4 Å². The Bertz CT molecular complexity index is 577. The van der Waals surface area contributed by atoms with E-state index in [1.807, 2.05) is 10.6 Å². The van der Waals surface area contributed by atoms with Gasteiger partial charge in [0.25, 0.3) is 0 Å². The number of nitriles is 1. The van der Waals surface area contributed by atoms with Gasteiger partial charge in [-0.25, -0.2) is 4.39 Å². The van der Waals surface area contributed by atoms with Gasteiger partial charge in [0.05, 0.1) is 18.8 Å². The van der Waals surface area contributed by atoms with Crippen LogP contribution in [0.1, 0.15) is 19.3 Å². The molecule has 1 saturated heterocycles. The highest BCUT2D eigenvalue weighted by Crippen LogP contribution is 2.12. The van der Waals surface area contributed by atoms with Crippen LogP contribution >= 0.6 is 0 Å². The SMILES string of the molecule is N#C/C(=N/Nc1ccccc1F)C(N)=[N+]1CCCCC1. The molecule has 0 aromatic heterocycles. The van der Waals surface area contributed by atoms with Gasteiger partial charge in [0.2, 0.25) is 5.71 Å². The first kappa shape index (κ1) is 14.0. The molecule has 1 aromatic carbocycles. The Hall–Kier alpha value is -2.42. The van der Waals surface area contributed by atoms with Gasteiger partial charge < -0.3 is 0 Å². The monoisotopic (exact) mass is 274 g/mol.